The summed E-state index contributed by atoms with van der Waals surface area (Å²) < 4.78 is 1.83. The van der Waals surface area contributed by atoms with Gasteiger partial charge in [0.25, 0.3) is 5.91 Å². The van der Waals surface area contributed by atoms with Crippen molar-refractivity contribution >= 4 is 17.9 Å². The van der Waals surface area contributed by atoms with E-state index < -0.39 is 18.2 Å². The number of aliphatic imine (C=N–C) groups is 1. The van der Waals surface area contributed by atoms with Crippen molar-refractivity contribution in [3.63, 3.8) is 0 Å². The first-order chi connectivity index (χ1) is 11.5. The number of aromatic nitrogens is 2. The Balaban J connectivity index is 2.06. The van der Waals surface area contributed by atoms with Crippen LogP contribution in [0.25, 0.3) is 0 Å². The van der Waals surface area contributed by atoms with Gasteiger partial charge in [-0.3, -0.25) is 10.1 Å². The molecule has 0 bridgehead atoms. The molecule has 24 heavy (non-hydrogen) atoms. The molecular formula is C16H24N6O2. The zero-order chi connectivity index (χ0) is 17.4. The van der Waals surface area contributed by atoms with Gasteiger partial charge in [-0.1, -0.05) is 20.8 Å². The number of hydrogen-bond donors (Lipinski definition) is 1. The molecule has 0 saturated carbocycles. The van der Waals surface area contributed by atoms with Gasteiger partial charge in [-0.05, 0) is 25.3 Å². The van der Waals surface area contributed by atoms with Gasteiger partial charge in [-0.25, -0.2) is 14.5 Å². The number of hydrogen-bond acceptors (Lipinski definition) is 5. The Morgan fingerprint density at radius 2 is 1.96 bits per heavy atom. The van der Waals surface area contributed by atoms with E-state index in [4.69, 9.17) is 4.99 Å². The van der Waals surface area contributed by atoms with Gasteiger partial charge in [-0.2, -0.15) is 5.10 Å². The number of carbonyl (C=O) groups excluding carboxylic acids is 2. The fraction of sp³-hybridized carbons (Fsp3) is 0.625. The third-order valence-electron chi connectivity index (χ3n) is 4.55. The standard InChI is InChI=1S/C16H24N6O2/c1-5-8-21-12-13(20(4)16(24)18-14(12)23)17-15(21)22-11(7-3)9-10(6-2)19-22/h9,12-13H,5-8H2,1-4H3,(H,18,23,24). The number of nitrogens with zero attached hydrogens (tertiary/aromatic N) is 5. The summed E-state index contributed by atoms with van der Waals surface area (Å²) in [5, 5.41) is 7.06. The zero-order valence-electron chi connectivity index (χ0n) is 14.6. The first kappa shape index (κ1) is 16.5. The van der Waals surface area contributed by atoms with Gasteiger partial charge >= 0.3 is 6.03 Å². The van der Waals surface area contributed by atoms with Crippen molar-refractivity contribution in [2.75, 3.05) is 13.6 Å². The molecule has 1 aromatic heterocycles. The van der Waals surface area contributed by atoms with Crippen LogP contribution in [0.5, 0.6) is 0 Å². The number of fused-ring (bicyclic) bond motifs is 1. The molecule has 3 heterocycles. The predicted molar refractivity (Wildman–Crippen MR) is 89.7 cm³/mol. The minimum absolute atomic E-state index is 0.295. The minimum atomic E-state index is -0.508. The topological polar surface area (TPSA) is 82.8 Å². The highest BCUT2D eigenvalue weighted by Gasteiger charge is 2.49. The zero-order valence-corrected chi connectivity index (χ0v) is 14.6. The van der Waals surface area contributed by atoms with Gasteiger partial charge in [-0.15, -0.1) is 0 Å². The lowest BCUT2D eigenvalue weighted by atomic mass is 10.1. The molecule has 0 spiro atoms. The van der Waals surface area contributed by atoms with Gasteiger partial charge in [0.05, 0.1) is 5.69 Å². The van der Waals surface area contributed by atoms with Crippen molar-refractivity contribution in [2.45, 2.75) is 52.2 Å². The van der Waals surface area contributed by atoms with Gasteiger partial charge in [0.1, 0.15) is 0 Å². The van der Waals surface area contributed by atoms with Gasteiger partial charge in [0, 0.05) is 19.3 Å². The first-order valence-electron chi connectivity index (χ1n) is 8.52. The molecule has 2 unspecified atom stereocenters. The molecule has 8 nitrogen and oxygen atoms in total. The van der Waals surface area contributed by atoms with Crippen LogP contribution < -0.4 is 5.32 Å². The molecule has 0 aromatic carbocycles. The van der Waals surface area contributed by atoms with Crippen LogP contribution >= 0.6 is 0 Å². The number of nitrogens with one attached hydrogen (secondary N) is 1. The Bertz CT molecular complexity index is 695. The molecule has 3 amide bonds. The highest BCUT2D eigenvalue weighted by molar-refractivity contribution is 6.04. The summed E-state index contributed by atoms with van der Waals surface area (Å²) in [4.78, 5) is 32.5. The van der Waals surface area contributed by atoms with Crippen LogP contribution in [0.3, 0.4) is 0 Å². The highest BCUT2D eigenvalue weighted by Crippen LogP contribution is 2.25. The monoisotopic (exact) mass is 332 g/mol. The quantitative estimate of drug-likeness (QED) is 0.885. The molecule has 2 atom stereocenters. The number of imide groups is 1. The second-order valence-electron chi connectivity index (χ2n) is 6.13. The van der Waals surface area contributed by atoms with Crippen LogP contribution in [0.1, 0.15) is 38.6 Å². The Labute approximate surface area is 141 Å². The Kier molecular flexibility index (Phi) is 4.29. The van der Waals surface area contributed by atoms with Crippen LogP contribution in [0.15, 0.2) is 11.1 Å². The fourth-order valence-corrected chi connectivity index (χ4v) is 3.24. The molecule has 1 fully saturated rings. The van der Waals surface area contributed by atoms with E-state index in [9.17, 15) is 9.59 Å². The van der Waals surface area contributed by atoms with E-state index in [0.717, 1.165) is 30.7 Å². The fourth-order valence-electron chi connectivity index (χ4n) is 3.24. The van der Waals surface area contributed by atoms with E-state index in [1.807, 2.05) is 9.58 Å². The van der Waals surface area contributed by atoms with E-state index in [0.29, 0.717) is 12.5 Å². The van der Waals surface area contributed by atoms with E-state index in [-0.39, 0.29) is 5.91 Å². The van der Waals surface area contributed by atoms with Gasteiger partial charge < -0.3 is 9.80 Å². The Morgan fingerprint density at radius 3 is 2.58 bits per heavy atom. The number of amides is 3. The number of urea groups is 1. The average Bonchev–Trinajstić information content (AvgIpc) is 3.14. The number of carbonyl (C=O) groups is 2. The van der Waals surface area contributed by atoms with Crippen molar-refractivity contribution in [1.82, 2.24) is 24.9 Å². The summed E-state index contributed by atoms with van der Waals surface area (Å²) in [7, 11) is 1.66. The summed E-state index contributed by atoms with van der Waals surface area (Å²) in [5.74, 6) is 0.358. The molecule has 0 aliphatic carbocycles. The maximum absolute atomic E-state index is 12.4. The molecule has 2 aliphatic heterocycles. The van der Waals surface area contributed by atoms with Crippen molar-refractivity contribution in [3.05, 3.63) is 17.5 Å². The van der Waals surface area contributed by atoms with Gasteiger partial charge in [0.2, 0.25) is 5.96 Å². The van der Waals surface area contributed by atoms with E-state index in [1.165, 1.54) is 4.90 Å². The van der Waals surface area contributed by atoms with Crippen LogP contribution in [0.4, 0.5) is 4.79 Å². The van der Waals surface area contributed by atoms with Crippen LogP contribution in [0, 0.1) is 0 Å². The van der Waals surface area contributed by atoms with Crippen molar-refractivity contribution in [3.8, 4) is 0 Å². The van der Waals surface area contributed by atoms with Crippen LogP contribution in [-0.2, 0) is 17.6 Å². The average molecular weight is 332 g/mol. The number of aryl methyl sites for hydroxylation is 2. The maximum Gasteiger partial charge on any atom is 0.325 e. The third kappa shape index (κ3) is 2.46. The predicted octanol–water partition coefficient (Wildman–Crippen LogP) is 0.814. The Morgan fingerprint density at radius 1 is 1.21 bits per heavy atom. The van der Waals surface area contributed by atoms with Gasteiger partial charge in [0.15, 0.2) is 12.2 Å². The SMILES string of the molecule is CCCN1C(n2nc(CC)cc2CC)=NC2C1C(=O)NC(=O)N2C. The Hall–Kier alpha value is -2.38. The molecular weight excluding hydrogens is 308 g/mol. The summed E-state index contributed by atoms with van der Waals surface area (Å²) in [6.07, 6.45) is 2.03. The second kappa shape index (κ2) is 6.26. The number of rotatable bonds is 4. The maximum atomic E-state index is 12.4. The lowest BCUT2D eigenvalue weighted by molar-refractivity contribution is -0.127. The van der Waals surface area contributed by atoms with Crippen LogP contribution in [-0.4, -0.2) is 63.3 Å². The summed E-state index contributed by atoms with van der Waals surface area (Å²) >= 11 is 0. The molecule has 3 rings (SSSR count). The minimum Gasteiger partial charge on any atom is -0.325 e. The molecule has 1 saturated heterocycles. The summed E-state index contributed by atoms with van der Waals surface area (Å²) in [6, 6.07) is 1.17. The summed E-state index contributed by atoms with van der Waals surface area (Å²) in [5.41, 5.74) is 2.05. The molecule has 2 aliphatic rings. The van der Waals surface area contributed by atoms with Crippen molar-refractivity contribution in [2.24, 2.45) is 4.99 Å². The second-order valence-corrected chi connectivity index (χ2v) is 6.13. The van der Waals surface area contributed by atoms with E-state index in [2.05, 4.69) is 37.3 Å². The lowest BCUT2D eigenvalue weighted by Crippen LogP contribution is -2.64. The molecule has 8 heteroatoms. The number of likely N-dealkylation sites (N-methyl/N-ethyl adjacent to an activating group) is 1. The van der Waals surface area contributed by atoms with Crippen molar-refractivity contribution in [1.29, 1.82) is 0 Å². The smallest absolute Gasteiger partial charge is 0.325 e. The molecule has 1 N–H and O–H groups in total. The normalized spacial score (nSPS) is 23.4. The largest absolute Gasteiger partial charge is 0.325 e. The first-order valence-corrected chi connectivity index (χ1v) is 8.52. The molecule has 130 valence electrons. The lowest BCUT2D eigenvalue weighted by Gasteiger charge is -2.36. The van der Waals surface area contributed by atoms with E-state index >= 15 is 0 Å². The highest BCUT2D eigenvalue weighted by atomic mass is 16.2. The van der Waals surface area contributed by atoms with E-state index in [1.54, 1.807) is 7.05 Å². The molecule has 1 aromatic rings. The van der Waals surface area contributed by atoms with Crippen molar-refractivity contribution < 1.29 is 9.59 Å². The third-order valence-corrected chi connectivity index (χ3v) is 4.55. The molecule has 0 radical (unpaired) electrons. The van der Waals surface area contributed by atoms with Crippen LogP contribution in [0.2, 0.25) is 0 Å². The summed E-state index contributed by atoms with van der Waals surface area (Å²) in [6.45, 7) is 6.87.